The van der Waals surface area contributed by atoms with Crippen molar-refractivity contribution in [3.05, 3.63) is 17.5 Å². The Bertz CT molecular complexity index is 378. The van der Waals surface area contributed by atoms with Gasteiger partial charge in [-0.25, -0.2) is 0 Å². The first kappa shape index (κ1) is 11.6. The molecule has 3 heteroatoms. The van der Waals surface area contributed by atoms with Gasteiger partial charge in [-0.05, 0) is 12.8 Å². The number of nitrogens with zero attached hydrogens (tertiary/aromatic N) is 2. The van der Waals surface area contributed by atoms with Gasteiger partial charge in [0.15, 0.2) is 0 Å². The zero-order chi connectivity index (χ0) is 12.0. The molecule has 0 saturated heterocycles. The lowest BCUT2D eigenvalue weighted by Gasteiger charge is -2.27. The van der Waals surface area contributed by atoms with Crippen molar-refractivity contribution < 1.29 is 0 Å². The molecular weight excluding hydrogens is 198 g/mol. The van der Waals surface area contributed by atoms with E-state index < -0.39 is 0 Å². The van der Waals surface area contributed by atoms with E-state index >= 15 is 0 Å². The van der Waals surface area contributed by atoms with E-state index in [0.717, 1.165) is 12.8 Å². The molecule has 3 nitrogen and oxygen atoms in total. The monoisotopic (exact) mass is 221 g/mol. The lowest BCUT2D eigenvalue weighted by molar-refractivity contribution is 0.441. The smallest absolute Gasteiger partial charge is 0.0728 e. The first-order chi connectivity index (χ1) is 7.33. The van der Waals surface area contributed by atoms with Crippen LogP contribution in [0.1, 0.15) is 57.7 Å². The number of hydrogen-bond donors (Lipinski definition) is 1. The molecule has 1 heterocycles. The van der Waals surface area contributed by atoms with Crippen LogP contribution in [0, 0.1) is 0 Å². The van der Waals surface area contributed by atoms with Crippen LogP contribution in [0.5, 0.6) is 0 Å². The van der Waals surface area contributed by atoms with Gasteiger partial charge in [-0.1, -0.05) is 33.6 Å². The first-order valence-corrected chi connectivity index (χ1v) is 6.16. The summed E-state index contributed by atoms with van der Waals surface area (Å²) in [4.78, 5) is 0. The van der Waals surface area contributed by atoms with Crippen LogP contribution in [0.2, 0.25) is 0 Å². The second-order valence-electron chi connectivity index (χ2n) is 6.18. The lowest BCUT2D eigenvalue weighted by Crippen LogP contribution is -2.35. The molecule has 1 aliphatic carbocycles. The van der Waals surface area contributed by atoms with Crippen molar-refractivity contribution in [2.24, 2.45) is 12.8 Å². The Balaban J connectivity index is 2.48. The minimum Gasteiger partial charge on any atom is -0.321 e. The van der Waals surface area contributed by atoms with Crippen LogP contribution in [0.4, 0.5) is 0 Å². The summed E-state index contributed by atoms with van der Waals surface area (Å²) in [5.74, 6) is 0. The largest absolute Gasteiger partial charge is 0.321 e. The summed E-state index contributed by atoms with van der Waals surface area (Å²) in [6.07, 6.45) is 6.80. The average molecular weight is 221 g/mol. The standard InChI is InChI=1S/C13H23N3/c1-12(2,3)11-10(9-16(4)15-11)13(14)7-5-6-8-13/h9H,5-8,14H2,1-4H3. The molecule has 0 bridgehead atoms. The highest BCUT2D eigenvalue weighted by molar-refractivity contribution is 5.32. The molecule has 2 N–H and O–H groups in total. The van der Waals surface area contributed by atoms with E-state index in [1.165, 1.54) is 24.1 Å². The number of nitrogens with two attached hydrogens (primary N) is 1. The normalized spacial score (nSPS) is 20.3. The molecule has 0 aliphatic heterocycles. The zero-order valence-corrected chi connectivity index (χ0v) is 10.9. The van der Waals surface area contributed by atoms with E-state index in [1.807, 2.05) is 11.7 Å². The van der Waals surface area contributed by atoms with Gasteiger partial charge in [0.1, 0.15) is 0 Å². The molecule has 90 valence electrons. The van der Waals surface area contributed by atoms with E-state index in [4.69, 9.17) is 5.73 Å². The lowest BCUT2D eigenvalue weighted by atomic mass is 9.81. The molecule has 0 amide bonds. The van der Waals surface area contributed by atoms with E-state index in [9.17, 15) is 0 Å². The van der Waals surface area contributed by atoms with Crippen molar-refractivity contribution in [2.45, 2.75) is 57.4 Å². The molecule has 1 saturated carbocycles. The minimum atomic E-state index is -0.128. The van der Waals surface area contributed by atoms with Crippen LogP contribution in [0.15, 0.2) is 6.20 Å². The van der Waals surface area contributed by atoms with Gasteiger partial charge in [0.2, 0.25) is 0 Å². The highest BCUT2D eigenvalue weighted by Gasteiger charge is 2.37. The topological polar surface area (TPSA) is 43.8 Å². The van der Waals surface area contributed by atoms with Crippen molar-refractivity contribution >= 4 is 0 Å². The molecule has 1 aromatic heterocycles. The van der Waals surface area contributed by atoms with Gasteiger partial charge >= 0.3 is 0 Å². The van der Waals surface area contributed by atoms with Crippen molar-refractivity contribution in [3.8, 4) is 0 Å². The molecule has 16 heavy (non-hydrogen) atoms. The number of aryl methyl sites for hydroxylation is 1. The maximum Gasteiger partial charge on any atom is 0.0728 e. The average Bonchev–Trinajstić information content (AvgIpc) is 2.71. The highest BCUT2D eigenvalue weighted by Crippen LogP contribution is 2.40. The molecular formula is C13H23N3. The highest BCUT2D eigenvalue weighted by atomic mass is 15.3. The maximum absolute atomic E-state index is 6.54. The molecule has 0 unspecified atom stereocenters. The van der Waals surface area contributed by atoms with Crippen LogP contribution in [0.3, 0.4) is 0 Å². The summed E-state index contributed by atoms with van der Waals surface area (Å²) >= 11 is 0. The number of hydrogen-bond acceptors (Lipinski definition) is 2. The van der Waals surface area contributed by atoms with Gasteiger partial charge in [-0.3, -0.25) is 4.68 Å². The van der Waals surface area contributed by atoms with E-state index in [1.54, 1.807) is 0 Å². The Morgan fingerprint density at radius 2 is 1.88 bits per heavy atom. The summed E-state index contributed by atoms with van der Waals surface area (Å²) in [6.45, 7) is 6.62. The van der Waals surface area contributed by atoms with E-state index in [0.29, 0.717) is 0 Å². The SMILES string of the molecule is Cn1cc(C2(N)CCCC2)c(C(C)(C)C)n1. The van der Waals surface area contributed by atoms with Gasteiger partial charge in [0.05, 0.1) is 5.69 Å². The molecule has 0 atom stereocenters. The van der Waals surface area contributed by atoms with Gasteiger partial charge in [-0.15, -0.1) is 0 Å². The van der Waals surface area contributed by atoms with Crippen molar-refractivity contribution in [1.29, 1.82) is 0 Å². The Labute approximate surface area is 98.0 Å². The Morgan fingerprint density at radius 3 is 2.38 bits per heavy atom. The minimum absolute atomic E-state index is 0.0750. The van der Waals surface area contributed by atoms with E-state index in [2.05, 4.69) is 32.1 Å². The predicted octanol–water partition coefficient (Wildman–Crippen LogP) is 2.45. The first-order valence-electron chi connectivity index (χ1n) is 6.16. The second kappa shape index (κ2) is 3.59. The fraction of sp³-hybridized carbons (Fsp3) is 0.769. The van der Waals surface area contributed by atoms with Gasteiger partial charge in [0.25, 0.3) is 0 Å². The quantitative estimate of drug-likeness (QED) is 0.791. The molecule has 1 aliphatic rings. The summed E-state index contributed by atoms with van der Waals surface area (Å²) < 4.78 is 1.91. The summed E-state index contributed by atoms with van der Waals surface area (Å²) in [6, 6.07) is 0. The zero-order valence-electron chi connectivity index (χ0n) is 10.9. The third-order valence-corrected chi connectivity index (χ3v) is 3.57. The van der Waals surface area contributed by atoms with Crippen LogP contribution in [-0.4, -0.2) is 9.78 Å². The van der Waals surface area contributed by atoms with Crippen molar-refractivity contribution in [2.75, 3.05) is 0 Å². The summed E-state index contributed by atoms with van der Waals surface area (Å²) in [7, 11) is 1.98. The second-order valence-corrected chi connectivity index (χ2v) is 6.18. The summed E-state index contributed by atoms with van der Waals surface area (Å²) in [5.41, 5.74) is 8.91. The molecule has 1 fully saturated rings. The third kappa shape index (κ3) is 1.88. The van der Waals surface area contributed by atoms with Crippen LogP contribution in [-0.2, 0) is 18.0 Å². The molecule has 2 rings (SSSR count). The number of aromatic nitrogens is 2. The molecule has 0 radical (unpaired) electrons. The van der Waals surface area contributed by atoms with Gasteiger partial charge in [-0.2, -0.15) is 5.10 Å². The molecule has 0 aromatic carbocycles. The van der Waals surface area contributed by atoms with Gasteiger partial charge in [0, 0.05) is 29.8 Å². The van der Waals surface area contributed by atoms with Crippen LogP contribution >= 0.6 is 0 Å². The Morgan fingerprint density at radius 1 is 1.31 bits per heavy atom. The predicted molar refractivity (Wildman–Crippen MR) is 66.2 cm³/mol. The van der Waals surface area contributed by atoms with Crippen molar-refractivity contribution in [3.63, 3.8) is 0 Å². The summed E-state index contributed by atoms with van der Waals surface area (Å²) in [5, 5.41) is 4.61. The van der Waals surface area contributed by atoms with Crippen LogP contribution in [0.25, 0.3) is 0 Å². The van der Waals surface area contributed by atoms with Crippen LogP contribution < -0.4 is 5.73 Å². The van der Waals surface area contributed by atoms with Gasteiger partial charge < -0.3 is 5.73 Å². The maximum atomic E-state index is 6.54. The Hall–Kier alpha value is -0.830. The Kier molecular flexibility index (Phi) is 2.61. The fourth-order valence-corrected chi connectivity index (χ4v) is 2.68. The number of rotatable bonds is 1. The fourth-order valence-electron chi connectivity index (χ4n) is 2.68. The van der Waals surface area contributed by atoms with Crippen molar-refractivity contribution in [1.82, 2.24) is 9.78 Å². The molecule has 1 aromatic rings. The molecule has 0 spiro atoms. The third-order valence-electron chi connectivity index (χ3n) is 3.57. The van der Waals surface area contributed by atoms with E-state index in [-0.39, 0.29) is 11.0 Å².